The van der Waals surface area contributed by atoms with E-state index in [2.05, 4.69) is 179 Å². The van der Waals surface area contributed by atoms with Gasteiger partial charge in [0, 0.05) is 44.4 Å². The zero-order chi connectivity index (χ0) is 32.8. The second-order valence-electron chi connectivity index (χ2n) is 13.2. The summed E-state index contributed by atoms with van der Waals surface area (Å²) in [5.74, 6) is 0. The molecule has 4 aromatic heterocycles. The fourth-order valence-electron chi connectivity index (χ4n) is 8.29. The monoisotopic (exact) mass is 635 g/mol. The van der Waals surface area contributed by atoms with Gasteiger partial charge < -0.3 is 4.57 Å². The minimum Gasteiger partial charge on any atom is -0.309 e. The van der Waals surface area contributed by atoms with E-state index in [1.165, 1.54) is 87.7 Å². The molecule has 0 saturated carbocycles. The van der Waals surface area contributed by atoms with E-state index in [1.54, 1.807) is 0 Å². The maximum absolute atomic E-state index is 5.00. The van der Waals surface area contributed by atoms with Crippen molar-refractivity contribution in [3.05, 3.63) is 176 Å². The van der Waals surface area contributed by atoms with Gasteiger partial charge in [-0.2, -0.15) is 0 Å². The van der Waals surface area contributed by atoms with E-state index >= 15 is 0 Å². The Bertz CT molecular complexity index is 3130. The van der Waals surface area contributed by atoms with Crippen molar-refractivity contribution in [2.24, 2.45) is 0 Å². The van der Waals surface area contributed by atoms with E-state index < -0.39 is 0 Å². The number of aromatic nitrogens is 3. The van der Waals surface area contributed by atoms with Crippen LogP contribution >= 0.6 is 0 Å². The molecule has 0 aliphatic heterocycles. The number of para-hydroxylation sites is 2. The summed E-state index contributed by atoms with van der Waals surface area (Å²) in [4.78, 5) is 5.00. The van der Waals surface area contributed by atoms with Crippen molar-refractivity contribution in [3.63, 3.8) is 0 Å². The molecule has 232 valence electrons. The van der Waals surface area contributed by atoms with Gasteiger partial charge in [-0.15, -0.1) is 0 Å². The van der Waals surface area contributed by atoms with Gasteiger partial charge in [0.25, 0.3) is 0 Å². The molecule has 0 unspecified atom stereocenters. The molecule has 0 fully saturated rings. The quantitative estimate of drug-likeness (QED) is 0.140. The number of pyridine rings is 2. The number of rotatable bonds is 3. The molecule has 7 aromatic carbocycles. The number of benzene rings is 7. The normalized spacial score (nSPS) is 12.0. The van der Waals surface area contributed by atoms with Crippen molar-refractivity contribution < 1.29 is 0 Å². The summed E-state index contributed by atoms with van der Waals surface area (Å²) in [6.45, 7) is 0. The maximum Gasteiger partial charge on any atom is 0.145 e. The van der Waals surface area contributed by atoms with Crippen LogP contribution in [0.2, 0.25) is 0 Å². The second kappa shape index (κ2) is 10.4. The molecule has 0 saturated heterocycles. The molecule has 0 spiro atoms. The zero-order valence-electron chi connectivity index (χ0n) is 27.1. The van der Waals surface area contributed by atoms with Crippen molar-refractivity contribution in [2.45, 2.75) is 0 Å². The van der Waals surface area contributed by atoms with Crippen LogP contribution in [0.3, 0.4) is 0 Å². The lowest BCUT2D eigenvalue weighted by molar-refractivity contribution is 1.18. The Morgan fingerprint density at radius 2 is 1.02 bits per heavy atom. The Balaban J connectivity index is 1.14. The largest absolute Gasteiger partial charge is 0.309 e. The highest BCUT2D eigenvalue weighted by molar-refractivity contribution is 6.22. The average molecular weight is 636 g/mol. The van der Waals surface area contributed by atoms with Crippen molar-refractivity contribution in [2.75, 3.05) is 0 Å². The predicted octanol–water partition coefficient (Wildman–Crippen LogP) is 12.4. The first kappa shape index (κ1) is 27.3. The number of fused-ring (bicyclic) bond motifs is 12. The minimum absolute atomic E-state index is 0.979. The van der Waals surface area contributed by atoms with E-state index in [9.17, 15) is 0 Å². The summed E-state index contributed by atoms with van der Waals surface area (Å²) in [6, 6.07) is 61.7. The second-order valence-corrected chi connectivity index (χ2v) is 13.2. The Hall–Kier alpha value is -6.71. The van der Waals surface area contributed by atoms with Gasteiger partial charge in [0.15, 0.2) is 0 Å². The number of hydrogen-bond donors (Lipinski definition) is 0. The summed E-state index contributed by atoms with van der Waals surface area (Å²) in [5.41, 5.74) is 11.7. The van der Waals surface area contributed by atoms with Crippen LogP contribution in [0, 0.1) is 0 Å². The highest BCUT2D eigenvalue weighted by atomic mass is 15.0. The summed E-state index contributed by atoms with van der Waals surface area (Å²) in [6.07, 6.45) is 1.91. The molecule has 0 bridgehead atoms. The predicted molar refractivity (Wildman–Crippen MR) is 210 cm³/mol. The van der Waals surface area contributed by atoms with E-state index in [0.717, 1.165) is 11.0 Å². The van der Waals surface area contributed by atoms with E-state index in [4.69, 9.17) is 4.98 Å². The molecule has 11 rings (SSSR count). The SMILES string of the molecule is c1ccc(-n2c3ccccc3c3ccc(-c4ccc(-c5c6cccnc6n6c7cc8ccccc8cc7c7ccccc7c56)cc4)cc32)cc1. The standard InChI is InChI=1S/C47H29N3/c1-2-13-35(14-3-1)49-42-19-9-8-16-37(42)38-25-24-34(29-43(38)49)30-20-22-31(23-21-30)45-40-18-10-26-48-47(40)50-44-28-33-12-5-4-11-32(33)27-41(44)36-15-6-7-17-39(36)46(45)50/h1-29H. The van der Waals surface area contributed by atoms with Crippen LogP contribution < -0.4 is 0 Å². The smallest absolute Gasteiger partial charge is 0.145 e. The molecule has 0 atom stereocenters. The molecule has 0 amide bonds. The molecule has 50 heavy (non-hydrogen) atoms. The molecular formula is C47H29N3. The lowest BCUT2D eigenvalue weighted by Crippen LogP contribution is -1.93. The highest BCUT2D eigenvalue weighted by Gasteiger charge is 2.21. The van der Waals surface area contributed by atoms with E-state index in [-0.39, 0.29) is 0 Å². The molecule has 0 radical (unpaired) electrons. The third-order valence-corrected chi connectivity index (χ3v) is 10.5. The molecule has 3 heteroatoms. The van der Waals surface area contributed by atoms with E-state index in [0.29, 0.717) is 0 Å². The van der Waals surface area contributed by atoms with E-state index in [1.807, 2.05) is 6.20 Å². The molecule has 0 aliphatic rings. The summed E-state index contributed by atoms with van der Waals surface area (Å²) < 4.78 is 4.77. The molecule has 3 nitrogen and oxygen atoms in total. The highest BCUT2D eigenvalue weighted by Crippen LogP contribution is 2.43. The Kier molecular flexibility index (Phi) is 5.67. The van der Waals surface area contributed by atoms with Crippen LogP contribution in [0.1, 0.15) is 0 Å². The van der Waals surface area contributed by atoms with Gasteiger partial charge in [-0.3, -0.25) is 4.40 Å². The molecule has 0 N–H and O–H groups in total. The van der Waals surface area contributed by atoms with Crippen LogP contribution in [0.4, 0.5) is 0 Å². The van der Waals surface area contributed by atoms with Crippen LogP contribution in [-0.4, -0.2) is 14.0 Å². The van der Waals surface area contributed by atoms with Gasteiger partial charge in [0.05, 0.1) is 22.1 Å². The third-order valence-electron chi connectivity index (χ3n) is 10.5. The molecule has 4 heterocycles. The van der Waals surface area contributed by atoms with Gasteiger partial charge >= 0.3 is 0 Å². The van der Waals surface area contributed by atoms with Gasteiger partial charge in [-0.1, -0.05) is 121 Å². The van der Waals surface area contributed by atoms with Crippen LogP contribution in [0.15, 0.2) is 176 Å². The minimum atomic E-state index is 0.979. The fraction of sp³-hybridized carbons (Fsp3) is 0. The third kappa shape index (κ3) is 3.83. The Morgan fingerprint density at radius 1 is 0.380 bits per heavy atom. The fourth-order valence-corrected chi connectivity index (χ4v) is 8.29. The summed E-state index contributed by atoms with van der Waals surface area (Å²) in [7, 11) is 0. The Morgan fingerprint density at radius 3 is 1.86 bits per heavy atom. The average Bonchev–Trinajstić information content (AvgIpc) is 3.71. The van der Waals surface area contributed by atoms with Crippen LogP contribution in [0.5, 0.6) is 0 Å². The first-order chi connectivity index (χ1) is 24.8. The Labute approximate surface area is 287 Å². The first-order valence-electron chi connectivity index (χ1n) is 17.1. The van der Waals surface area contributed by atoms with Crippen LogP contribution in [-0.2, 0) is 0 Å². The molecule has 11 aromatic rings. The maximum atomic E-state index is 5.00. The van der Waals surface area contributed by atoms with Gasteiger partial charge in [0.1, 0.15) is 5.65 Å². The lowest BCUT2D eigenvalue weighted by atomic mass is 9.96. The van der Waals surface area contributed by atoms with Crippen LogP contribution in [0.25, 0.3) is 98.7 Å². The lowest BCUT2D eigenvalue weighted by Gasteiger charge is -2.13. The van der Waals surface area contributed by atoms with Crippen molar-refractivity contribution in [1.29, 1.82) is 0 Å². The number of hydrogen-bond acceptors (Lipinski definition) is 1. The van der Waals surface area contributed by atoms with Gasteiger partial charge in [0.2, 0.25) is 0 Å². The zero-order valence-corrected chi connectivity index (χ0v) is 27.1. The topological polar surface area (TPSA) is 22.2 Å². The number of nitrogens with zero attached hydrogens (tertiary/aromatic N) is 3. The van der Waals surface area contributed by atoms with Crippen molar-refractivity contribution in [1.82, 2.24) is 14.0 Å². The first-order valence-corrected chi connectivity index (χ1v) is 17.1. The van der Waals surface area contributed by atoms with Gasteiger partial charge in [-0.05, 0) is 81.4 Å². The van der Waals surface area contributed by atoms with Gasteiger partial charge in [-0.25, -0.2) is 4.98 Å². The van der Waals surface area contributed by atoms with Crippen molar-refractivity contribution >= 4 is 70.8 Å². The summed E-state index contributed by atoms with van der Waals surface area (Å²) in [5, 5.41) is 9.86. The summed E-state index contributed by atoms with van der Waals surface area (Å²) >= 11 is 0. The van der Waals surface area contributed by atoms with Crippen molar-refractivity contribution in [3.8, 4) is 27.9 Å². The molecular weight excluding hydrogens is 607 g/mol. The molecule has 0 aliphatic carbocycles.